The Morgan fingerprint density at radius 3 is 2.32 bits per heavy atom. The minimum absolute atomic E-state index is 0.132. The van der Waals surface area contributed by atoms with Crippen LogP contribution in [0, 0.1) is 12.7 Å². The summed E-state index contributed by atoms with van der Waals surface area (Å²) in [4.78, 5) is 20.8. The fourth-order valence-electron chi connectivity index (χ4n) is 3.05. The maximum Gasteiger partial charge on any atom is 0.321 e. The van der Waals surface area contributed by atoms with Gasteiger partial charge in [-0.15, -0.1) is 0 Å². The van der Waals surface area contributed by atoms with Crippen LogP contribution in [0.2, 0.25) is 0 Å². The molecule has 0 saturated carbocycles. The highest BCUT2D eigenvalue weighted by Gasteiger charge is 2.07. The topological polar surface area (TPSA) is 64.1 Å². The summed E-state index contributed by atoms with van der Waals surface area (Å²) in [5.74, 6) is -0.0153. The largest absolute Gasteiger partial charge is 0.424 e. The van der Waals surface area contributed by atoms with Gasteiger partial charge in [0.2, 0.25) is 0 Å². The van der Waals surface area contributed by atoms with Gasteiger partial charge in [0, 0.05) is 30.1 Å². The fourth-order valence-corrected chi connectivity index (χ4v) is 3.05. The molecule has 3 aromatic carbocycles. The standard InChI is InChI=1S/C25H20FN3O2/c1-17-3-2-4-18(13-17)14-27-24(30)20-7-5-19(6-8-20)21-15-28-25(29-16-21)31-23-11-9-22(26)10-12-23/h2-13,15-16H,14H2,1H3,(H,27,30). The van der Waals surface area contributed by atoms with Crippen LogP contribution < -0.4 is 10.1 Å². The first-order valence-corrected chi connectivity index (χ1v) is 9.76. The van der Waals surface area contributed by atoms with Crippen LogP contribution in [0.25, 0.3) is 11.1 Å². The Morgan fingerprint density at radius 1 is 0.935 bits per heavy atom. The Balaban J connectivity index is 1.38. The molecule has 0 radical (unpaired) electrons. The van der Waals surface area contributed by atoms with Gasteiger partial charge in [-0.3, -0.25) is 4.79 Å². The van der Waals surface area contributed by atoms with Crippen LogP contribution in [-0.2, 0) is 6.54 Å². The minimum Gasteiger partial charge on any atom is -0.424 e. The average Bonchev–Trinajstić information content (AvgIpc) is 2.80. The maximum absolute atomic E-state index is 13.0. The van der Waals surface area contributed by atoms with E-state index < -0.39 is 0 Å². The van der Waals surface area contributed by atoms with Crippen molar-refractivity contribution in [3.63, 3.8) is 0 Å². The molecule has 154 valence electrons. The second kappa shape index (κ2) is 9.17. The van der Waals surface area contributed by atoms with Gasteiger partial charge < -0.3 is 10.1 Å². The average molecular weight is 413 g/mol. The van der Waals surface area contributed by atoms with Crippen LogP contribution in [0.5, 0.6) is 11.8 Å². The Kier molecular flexibility index (Phi) is 5.98. The zero-order valence-electron chi connectivity index (χ0n) is 16.9. The summed E-state index contributed by atoms with van der Waals surface area (Å²) in [6, 6.07) is 21.1. The van der Waals surface area contributed by atoms with E-state index in [4.69, 9.17) is 4.74 Å². The van der Waals surface area contributed by atoms with Crippen LogP contribution >= 0.6 is 0 Å². The van der Waals surface area contributed by atoms with Gasteiger partial charge in [-0.05, 0) is 54.4 Å². The lowest BCUT2D eigenvalue weighted by atomic mass is 10.1. The highest BCUT2D eigenvalue weighted by Crippen LogP contribution is 2.22. The molecular formula is C25H20FN3O2. The van der Waals surface area contributed by atoms with E-state index in [0.717, 1.165) is 22.3 Å². The highest BCUT2D eigenvalue weighted by molar-refractivity contribution is 5.94. The third-order valence-corrected chi connectivity index (χ3v) is 4.67. The van der Waals surface area contributed by atoms with Crippen molar-refractivity contribution in [2.45, 2.75) is 13.5 Å². The maximum atomic E-state index is 13.0. The number of hydrogen-bond acceptors (Lipinski definition) is 4. The van der Waals surface area contributed by atoms with E-state index in [1.807, 2.05) is 43.3 Å². The summed E-state index contributed by atoms with van der Waals surface area (Å²) in [5.41, 5.74) is 4.47. The van der Waals surface area contributed by atoms with E-state index >= 15 is 0 Å². The molecule has 0 aliphatic rings. The molecule has 4 aromatic rings. The molecule has 0 atom stereocenters. The van der Waals surface area contributed by atoms with Crippen LogP contribution in [0.15, 0.2) is 85.2 Å². The molecule has 0 unspecified atom stereocenters. The number of nitrogens with one attached hydrogen (secondary N) is 1. The smallest absolute Gasteiger partial charge is 0.321 e. The van der Waals surface area contributed by atoms with Crippen molar-refractivity contribution in [2.24, 2.45) is 0 Å². The second-order valence-corrected chi connectivity index (χ2v) is 7.06. The molecule has 5 nitrogen and oxygen atoms in total. The first kappa shape index (κ1) is 20.2. The SMILES string of the molecule is Cc1cccc(CNC(=O)c2ccc(-c3cnc(Oc4ccc(F)cc4)nc3)cc2)c1. The number of carbonyl (C=O) groups is 1. The molecule has 0 spiro atoms. The summed E-state index contributed by atoms with van der Waals surface area (Å²) >= 11 is 0. The lowest BCUT2D eigenvalue weighted by Gasteiger charge is -2.08. The van der Waals surface area contributed by atoms with Crippen molar-refractivity contribution in [2.75, 3.05) is 0 Å². The monoisotopic (exact) mass is 413 g/mol. The molecule has 0 fully saturated rings. The lowest BCUT2D eigenvalue weighted by Crippen LogP contribution is -2.22. The Labute approximate surface area is 179 Å². The van der Waals surface area contributed by atoms with E-state index in [2.05, 4.69) is 15.3 Å². The lowest BCUT2D eigenvalue weighted by molar-refractivity contribution is 0.0951. The third-order valence-electron chi connectivity index (χ3n) is 4.67. The van der Waals surface area contributed by atoms with Gasteiger partial charge in [0.05, 0.1) is 0 Å². The van der Waals surface area contributed by atoms with E-state index in [1.54, 1.807) is 24.5 Å². The molecule has 0 saturated heterocycles. The number of halogens is 1. The number of benzene rings is 3. The zero-order chi connectivity index (χ0) is 21.6. The Hall–Kier alpha value is -4.06. The predicted molar refractivity (Wildman–Crippen MR) is 116 cm³/mol. The van der Waals surface area contributed by atoms with Gasteiger partial charge in [0.15, 0.2) is 0 Å². The van der Waals surface area contributed by atoms with Gasteiger partial charge in [-0.25, -0.2) is 14.4 Å². The number of amides is 1. The fraction of sp³-hybridized carbons (Fsp3) is 0.0800. The molecule has 1 aromatic heterocycles. The van der Waals surface area contributed by atoms with Crippen LogP contribution in [0.4, 0.5) is 4.39 Å². The quantitative estimate of drug-likeness (QED) is 0.465. The summed E-state index contributed by atoms with van der Waals surface area (Å²) in [7, 11) is 0. The predicted octanol–water partition coefficient (Wildman–Crippen LogP) is 5.31. The Bertz CT molecular complexity index is 1170. The number of nitrogens with zero attached hydrogens (tertiary/aromatic N) is 2. The van der Waals surface area contributed by atoms with Crippen molar-refractivity contribution in [3.8, 4) is 22.9 Å². The van der Waals surface area contributed by atoms with Crippen LogP contribution in [0.1, 0.15) is 21.5 Å². The summed E-state index contributed by atoms with van der Waals surface area (Å²) < 4.78 is 18.5. The second-order valence-electron chi connectivity index (χ2n) is 7.06. The molecule has 0 aliphatic heterocycles. The molecule has 1 heterocycles. The molecular weight excluding hydrogens is 393 g/mol. The normalized spacial score (nSPS) is 10.5. The number of aromatic nitrogens is 2. The van der Waals surface area contributed by atoms with Crippen molar-refractivity contribution in [1.82, 2.24) is 15.3 Å². The summed E-state index contributed by atoms with van der Waals surface area (Å²) in [6.07, 6.45) is 3.28. The van der Waals surface area contributed by atoms with Gasteiger partial charge in [-0.1, -0.05) is 42.0 Å². The van der Waals surface area contributed by atoms with E-state index in [-0.39, 0.29) is 17.7 Å². The number of hydrogen-bond donors (Lipinski definition) is 1. The van der Waals surface area contributed by atoms with Crippen molar-refractivity contribution in [1.29, 1.82) is 0 Å². The number of rotatable bonds is 6. The molecule has 31 heavy (non-hydrogen) atoms. The van der Waals surface area contributed by atoms with Crippen molar-refractivity contribution in [3.05, 3.63) is 108 Å². The first-order valence-electron chi connectivity index (χ1n) is 9.76. The molecule has 6 heteroatoms. The molecule has 0 bridgehead atoms. The number of carbonyl (C=O) groups excluding carboxylic acids is 1. The molecule has 1 amide bonds. The number of ether oxygens (including phenoxy) is 1. The minimum atomic E-state index is -0.337. The van der Waals surface area contributed by atoms with E-state index in [0.29, 0.717) is 17.9 Å². The van der Waals surface area contributed by atoms with Crippen LogP contribution in [-0.4, -0.2) is 15.9 Å². The summed E-state index contributed by atoms with van der Waals surface area (Å²) in [6.45, 7) is 2.50. The van der Waals surface area contributed by atoms with Crippen molar-refractivity contribution < 1.29 is 13.9 Å². The van der Waals surface area contributed by atoms with Gasteiger partial charge in [0.25, 0.3) is 5.91 Å². The zero-order valence-corrected chi connectivity index (χ0v) is 16.9. The van der Waals surface area contributed by atoms with Gasteiger partial charge in [-0.2, -0.15) is 0 Å². The Morgan fingerprint density at radius 2 is 1.65 bits per heavy atom. The summed E-state index contributed by atoms with van der Waals surface area (Å²) in [5, 5.41) is 2.93. The molecule has 4 rings (SSSR count). The molecule has 1 N–H and O–H groups in total. The van der Waals surface area contributed by atoms with E-state index in [9.17, 15) is 9.18 Å². The first-order chi connectivity index (χ1) is 15.1. The van der Waals surface area contributed by atoms with E-state index in [1.165, 1.54) is 24.3 Å². The highest BCUT2D eigenvalue weighted by atomic mass is 19.1. The third kappa shape index (κ3) is 5.30. The molecule has 0 aliphatic carbocycles. The number of aryl methyl sites for hydroxylation is 1. The van der Waals surface area contributed by atoms with Crippen LogP contribution in [0.3, 0.4) is 0 Å². The van der Waals surface area contributed by atoms with Crippen molar-refractivity contribution >= 4 is 5.91 Å². The van der Waals surface area contributed by atoms with Gasteiger partial charge in [0.1, 0.15) is 11.6 Å². The van der Waals surface area contributed by atoms with Gasteiger partial charge >= 0.3 is 6.01 Å².